The second-order valence-electron chi connectivity index (χ2n) is 9.39. The van der Waals surface area contributed by atoms with Crippen molar-refractivity contribution in [3.8, 4) is 0 Å². The molecule has 0 saturated heterocycles. The number of rotatable bonds is 14. The van der Waals surface area contributed by atoms with Gasteiger partial charge in [0.05, 0.1) is 18.5 Å². The van der Waals surface area contributed by atoms with Gasteiger partial charge in [-0.2, -0.15) is 0 Å². The van der Waals surface area contributed by atoms with Crippen molar-refractivity contribution < 1.29 is 29.4 Å². The second-order valence-corrected chi connectivity index (χ2v) is 9.39. The summed E-state index contributed by atoms with van der Waals surface area (Å²) in [6, 6.07) is 4.39. The predicted octanol–water partition coefficient (Wildman–Crippen LogP) is -0.512. The molecule has 0 spiro atoms. The number of hydrogen-bond donors (Lipinski definition) is 7. The number of carbonyl (C=O) groups is 4. The Kier molecular flexibility index (Phi) is 11.2. The number of amides is 3. The molecule has 0 aliphatic rings. The van der Waals surface area contributed by atoms with E-state index in [1.807, 2.05) is 44.2 Å². The molecular formula is C25H36N6O6. The zero-order valence-electron chi connectivity index (χ0n) is 21.2. The molecule has 2 rings (SSSR count). The number of H-pyrrole nitrogens is 1. The van der Waals surface area contributed by atoms with E-state index in [2.05, 4.69) is 25.9 Å². The van der Waals surface area contributed by atoms with Gasteiger partial charge in [0, 0.05) is 18.3 Å². The summed E-state index contributed by atoms with van der Waals surface area (Å²) >= 11 is 0. The van der Waals surface area contributed by atoms with E-state index >= 15 is 0 Å². The number of imidazole rings is 1. The third kappa shape index (κ3) is 9.66. The summed E-state index contributed by atoms with van der Waals surface area (Å²) in [5, 5.41) is 27.2. The van der Waals surface area contributed by atoms with Crippen LogP contribution in [-0.4, -0.2) is 74.1 Å². The molecule has 8 N–H and O–H groups in total. The normalized spacial score (nSPS) is 15.2. The predicted molar refractivity (Wildman–Crippen MR) is 135 cm³/mol. The van der Waals surface area contributed by atoms with E-state index in [9.17, 15) is 29.4 Å². The minimum atomic E-state index is -1.38. The van der Waals surface area contributed by atoms with Crippen molar-refractivity contribution in [2.24, 2.45) is 11.7 Å². The number of carboxylic acids is 1. The topological polar surface area (TPSA) is 200 Å². The van der Waals surface area contributed by atoms with Gasteiger partial charge < -0.3 is 36.9 Å². The number of aromatic nitrogens is 2. The van der Waals surface area contributed by atoms with Crippen LogP contribution in [0.2, 0.25) is 0 Å². The highest BCUT2D eigenvalue weighted by molar-refractivity contribution is 5.94. The van der Waals surface area contributed by atoms with Crippen LogP contribution >= 0.6 is 0 Å². The van der Waals surface area contributed by atoms with Crippen LogP contribution in [-0.2, 0) is 32.0 Å². The number of carboxylic acid groups (broad SMARTS) is 1. The molecule has 5 atom stereocenters. The Morgan fingerprint density at radius 1 is 0.946 bits per heavy atom. The fraction of sp³-hybridized carbons (Fsp3) is 0.480. The van der Waals surface area contributed by atoms with E-state index in [1.165, 1.54) is 19.4 Å². The summed E-state index contributed by atoms with van der Waals surface area (Å²) in [5.41, 5.74) is 7.35. The van der Waals surface area contributed by atoms with E-state index in [4.69, 9.17) is 5.73 Å². The van der Waals surface area contributed by atoms with Crippen molar-refractivity contribution in [1.29, 1.82) is 0 Å². The van der Waals surface area contributed by atoms with Crippen molar-refractivity contribution >= 4 is 23.7 Å². The van der Waals surface area contributed by atoms with Crippen molar-refractivity contribution in [3.63, 3.8) is 0 Å². The van der Waals surface area contributed by atoms with E-state index in [-0.39, 0.29) is 25.2 Å². The van der Waals surface area contributed by atoms with Crippen LogP contribution in [0, 0.1) is 5.92 Å². The second kappa shape index (κ2) is 14.1. The smallest absolute Gasteiger partial charge is 0.326 e. The van der Waals surface area contributed by atoms with Crippen LogP contribution in [0.25, 0.3) is 0 Å². The van der Waals surface area contributed by atoms with Crippen LogP contribution < -0.4 is 21.7 Å². The lowest BCUT2D eigenvalue weighted by Gasteiger charge is -2.27. The van der Waals surface area contributed by atoms with E-state index in [0.717, 1.165) is 5.56 Å². The van der Waals surface area contributed by atoms with Crippen molar-refractivity contribution in [1.82, 2.24) is 25.9 Å². The summed E-state index contributed by atoms with van der Waals surface area (Å²) < 4.78 is 0. The molecule has 0 bridgehead atoms. The third-order valence-corrected chi connectivity index (χ3v) is 5.63. The van der Waals surface area contributed by atoms with Gasteiger partial charge in [-0.05, 0) is 31.2 Å². The minimum absolute atomic E-state index is 0.0327. The number of hydrogen-bond acceptors (Lipinski definition) is 7. The SMILES string of the molecule is CC(C)CC(NC(=O)C(NC(=O)C(N)Cc1ccccc1)C(C)O)C(=O)NC(Cc1cnc[nH]1)C(=O)O. The highest BCUT2D eigenvalue weighted by Gasteiger charge is 2.33. The molecule has 2 aromatic rings. The van der Waals surface area contributed by atoms with E-state index < -0.39 is 54.0 Å². The molecule has 0 aliphatic heterocycles. The fourth-order valence-corrected chi connectivity index (χ4v) is 3.68. The number of benzene rings is 1. The summed E-state index contributed by atoms with van der Waals surface area (Å²) in [4.78, 5) is 57.0. The maximum atomic E-state index is 13.0. The van der Waals surface area contributed by atoms with Gasteiger partial charge in [0.1, 0.15) is 18.1 Å². The fourth-order valence-electron chi connectivity index (χ4n) is 3.68. The molecule has 3 amide bonds. The zero-order chi connectivity index (χ0) is 27.5. The lowest BCUT2D eigenvalue weighted by molar-refractivity contribution is -0.142. The molecule has 1 aromatic heterocycles. The lowest BCUT2D eigenvalue weighted by atomic mass is 10.0. The van der Waals surface area contributed by atoms with Crippen LogP contribution in [0.4, 0.5) is 0 Å². The average molecular weight is 517 g/mol. The number of nitrogens with one attached hydrogen (secondary N) is 4. The van der Waals surface area contributed by atoms with Crippen LogP contribution in [0.3, 0.4) is 0 Å². The summed E-state index contributed by atoms with van der Waals surface area (Å²) in [6.45, 7) is 5.00. The molecule has 12 nitrogen and oxygen atoms in total. The number of carbonyl (C=O) groups excluding carboxylic acids is 3. The van der Waals surface area contributed by atoms with Gasteiger partial charge in [0.2, 0.25) is 17.7 Å². The first-order valence-corrected chi connectivity index (χ1v) is 12.1. The maximum absolute atomic E-state index is 13.0. The van der Waals surface area contributed by atoms with Gasteiger partial charge in [0.15, 0.2) is 0 Å². The van der Waals surface area contributed by atoms with Gasteiger partial charge in [-0.1, -0.05) is 44.2 Å². The van der Waals surface area contributed by atoms with Crippen molar-refractivity contribution in [3.05, 3.63) is 54.1 Å². The highest BCUT2D eigenvalue weighted by atomic mass is 16.4. The molecule has 37 heavy (non-hydrogen) atoms. The highest BCUT2D eigenvalue weighted by Crippen LogP contribution is 2.09. The molecule has 0 aliphatic carbocycles. The number of aliphatic hydroxyl groups excluding tert-OH is 1. The van der Waals surface area contributed by atoms with Gasteiger partial charge in [0.25, 0.3) is 0 Å². The quantitative estimate of drug-likeness (QED) is 0.174. The summed E-state index contributed by atoms with van der Waals surface area (Å²) in [5.74, 6) is -3.42. The Bertz CT molecular complexity index is 1030. The largest absolute Gasteiger partial charge is 0.480 e. The average Bonchev–Trinajstić information content (AvgIpc) is 3.34. The molecule has 0 saturated carbocycles. The van der Waals surface area contributed by atoms with E-state index in [1.54, 1.807) is 0 Å². The monoisotopic (exact) mass is 516 g/mol. The number of aromatic amines is 1. The third-order valence-electron chi connectivity index (χ3n) is 5.63. The first kappa shape index (κ1) is 29.5. The standard InChI is InChI=1S/C25H36N6O6/c1-14(2)9-19(23(34)30-20(25(36)37)11-17-12-27-13-28-17)29-24(35)21(15(3)32)31-22(33)18(26)10-16-7-5-4-6-8-16/h4-8,12-15,18-21,32H,9-11,26H2,1-3H3,(H,27,28)(H,29,35)(H,30,34)(H,31,33)(H,36,37). The molecule has 1 heterocycles. The summed E-state index contributed by atoms with van der Waals surface area (Å²) in [6.07, 6.45) is 1.95. The Labute approximate surface area is 215 Å². The Balaban J connectivity index is 2.08. The zero-order valence-corrected chi connectivity index (χ0v) is 21.2. The first-order chi connectivity index (χ1) is 17.5. The van der Waals surface area contributed by atoms with Gasteiger partial charge in [-0.25, -0.2) is 9.78 Å². The van der Waals surface area contributed by atoms with Gasteiger partial charge in [-0.15, -0.1) is 0 Å². The molecule has 12 heteroatoms. The van der Waals surface area contributed by atoms with Gasteiger partial charge in [-0.3, -0.25) is 14.4 Å². The van der Waals surface area contributed by atoms with Crippen molar-refractivity contribution in [2.75, 3.05) is 0 Å². The minimum Gasteiger partial charge on any atom is -0.480 e. The van der Waals surface area contributed by atoms with Crippen LogP contribution in [0.5, 0.6) is 0 Å². The molecular weight excluding hydrogens is 480 g/mol. The van der Waals surface area contributed by atoms with Crippen LogP contribution in [0.15, 0.2) is 42.9 Å². The lowest BCUT2D eigenvalue weighted by Crippen LogP contribution is -2.60. The first-order valence-electron chi connectivity index (χ1n) is 12.1. The van der Waals surface area contributed by atoms with E-state index in [0.29, 0.717) is 5.69 Å². The summed E-state index contributed by atoms with van der Waals surface area (Å²) in [7, 11) is 0. The Morgan fingerprint density at radius 2 is 1.59 bits per heavy atom. The molecule has 202 valence electrons. The van der Waals surface area contributed by atoms with Gasteiger partial charge >= 0.3 is 5.97 Å². The molecule has 0 fully saturated rings. The number of nitrogens with zero attached hydrogens (tertiary/aromatic N) is 1. The molecule has 5 unspecified atom stereocenters. The number of nitrogens with two attached hydrogens (primary N) is 1. The number of aliphatic hydroxyl groups is 1. The number of aliphatic carboxylic acids is 1. The Morgan fingerprint density at radius 3 is 2.14 bits per heavy atom. The maximum Gasteiger partial charge on any atom is 0.326 e. The molecule has 0 radical (unpaired) electrons. The van der Waals surface area contributed by atoms with Crippen LogP contribution in [0.1, 0.15) is 38.4 Å². The van der Waals surface area contributed by atoms with Crippen molar-refractivity contribution in [2.45, 2.75) is 70.3 Å². The Hall–Kier alpha value is -3.77. The molecule has 1 aromatic carbocycles.